The summed E-state index contributed by atoms with van der Waals surface area (Å²) in [4.78, 5) is 8.05. The van der Waals surface area contributed by atoms with Gasteiger partial charge >= 0.3 is 0 Å². The van der Waals surface area contributed by atoms with E-state index >= 15 is 0 Å². The van der Waals surface area contributed by atoms with E-state index in [0.29, 0.717) is 17.1 Å². The zero-order chi connectivity index (χ0) is 15.5. The van der Waals surface area contributed by atoms with Crippen LogP contribution >= 0.6 is 0 Å². The number of rotatable bonds is 3. The Balaban J connectivity index is 2.04. The molecule has 0 bridgehead atoms. The molecule has 1 heterocycles. The third-order valence-corrected chi connectivity index (χ3v) is 3.42. The van der Waals surface area contributed by atoms with Crippen molar-refractivity contribution in [2.24, 2.45) is 0 Å². The Labute approximate surface area is 127 Å². The van der Waals surface area contributed by atoms with Crippen LogP contribution in [0.3, 0.4) is 0 Å². The van der Waals surface area contributed by atoms with Crippen molar-refractivity contribution < 1.29 is 4.39 Å². The van der Waals surface area contributed by atoms with E-state index in [2.05, 4.69) is 15.3 Å². The molecule has 0 fully saturated rings. The van der Waals surface area contributed by atoms with Gasteiger partial charge in [-0.25, -0.2) is 9.37 Å². The summed E-state index contributed by atoms with van der Waals surface area (Å²) in [7, 11) is 1.84. The average Bonchev–Trinajstić information content (AvgIpc) is 2.56. The summed E-state index contributed by atoms with van der Waals surface area (Å²) in [5.41, 5.74) is 9.05. The van der Waals surface area contributed by atoms with E-state index in [-0.39, 0.29) is 5.82 Å². The van der Waals surface area contributed by atoms with Gasteiger partial charge in [0, 0.05) is 23.9 Å². The Morgan fingerprint density at radius 2 is 1.82 bits per heavy atom. The zero-order valence-electron chi connectivity index (χ0n) is 12.0. The van der Waals surface area contributed by atoms with Gasteiger partial charge in [-0.2, -0.15) is 0 Å². The topological polar surface area (TPSA) is 63.8 Å². The first-order valence-electron chi connectivity index (χ1n) is 6.83. The molecule has 0 atom stereocenters. The van der Waals surface area contributed by atoms with Crippen LogP contribution in [0, 0.1) is 5.82 Å². The Hall–Kier alpha value is -2.95. The zero-order valence-corrected chi connectivity index (χ0v) is 12.0. The van der Waals surface area contributed by atoms with Crippen LogP contribution in [0.2, 0.25) is 0 Å². The summed E-state index contributed by atoms with van der Waals surface area (Å²) in [6.07, 6.45) is 2.88. The van der Waals surface area contributed by atoms with Crippen molar-refractivity contribution in [1.29, 1.82) is 0 Å². The normalized spacial score (nSPS) is 10.5. The van der Waals surface area contributed by atoms with Crippen LogP contribution < -0.4 is 11.1 Å². The molecule has 1 aromatic heterocycles. The van der Waals surface area contributed by atoms with Crippen LogP contribution in [-0.2, 0) is 0 Å². The molecular formula is C17H15FN4. The predicted molar refractivity (Wildman–Crippen MR) is 86.8 cm³/mol. The Bertz CT molecular complexity index is 800. The maximum Gasteiger partial charge on any atom is 0.141 e. The van der Waals surface area contributed by atoms with Crippen LogP contribution in [0.4, 0.5) is 15.9 Å². The Morgan fingerprint density at radius 1 is 1.00 bits per heavy atom. The highest BCUT2D eigenvalue weighted by Gasteiger charge is 2.10. The number of nitrogens with zero attached hydrogens (tertiary/aromatic N) is 2. The molecule has 22 heavy (non-hydrogen) atoms. The van der Waals surface area contributed by atoms with Crippen molar-refractivity contribution in [2.75, 3.05) is 18.1 Å². The number of hydrogen-bond acceptors (Lipinski definition) is 4. The largest absolute Gasteiger partial charge is 0.388 e. The standard InChI is InChI=1S/C17H15FN4/c1-20-15-5-3-2-4-12(15)11-6-7-13(14(18)8-11)16-9-22-17(19)10-21-16/h2-10,20H,1H3,(H2,19,22). The fourth-order valence-electron chi connectivity index (χ4n) is 2.32. The minimum absolute atomic E-state index is 0.309. The lowest BCUT2D eigenvalue weighted by molar-refractivity contribution is 0.631. The Morgan fingerprint density at radius 3 is 2.50 bits per heavy atom. The summed E-state index contributed by atoms with van der Waals surface area (Å²) in [6, 6.07) is 12.8. The van der Waals surface area contributed by atoms with Gasteiger partial charge in [-0.15, -0.1) is 0 Å². The molecule has 2 aromatic carbocycles. The van der Waals surface area contributed by atoms with E-state index in [1.54, 1.807) is 6.07 Å². The first kappa shape index (κ1) is 14.0. The maximum atomic E-state index is 14.4. The Kier molecular flexibility index (Phi) is 3.70. The number of hydrogen-bond donors (Lipinski definition) is 2. The van der Waals surface area contributed by atoms with Crippen LogP contribution in [0.1, 0.15) is 0 Å². The highest BCUT2D eigenvalue weighted by molar-refractivity contribution is 5.79. The predicted octanol–water partition coefficient (Wildman–Crippen LogP) is 3.57. The second kappa shape index (κ2) is 5.81. The highest BCUT2D eigenvalue weighted by atomic mass is 19.1. The minimum atomic E-state index is -0.345. The molecule has 0 radical (unpaired) electrons. The molecule has 0 amide bonds. The van der Waals surface area contributed by atoms with Gasteiger partial charge < -0.3 is 11.1 Å². The van der Waals surface area contributed by atoms with Crippen molar-refractivity contribution in [2.45, 2.75) is 0 Å². The highest BCUT2D eigenvalue weighted by Crippen LogP contribution is 2.31. The minimum Gasteiger partial charge on any atom is -0.388 e. The van der Waals surface area contributed by atoms with Gasteiger partial charge in [-0.1, -0.05) is 24.3 Å². The lowest BCUT2D eigenvalue weighted by Gasteiger charge is -2.10. The molecule has 3 aromatic rings. The molecular weight excluding hydrogens is 279 g/mol. The maximum absolute atomic E-state index is 14.4. The number of aromatic nitrogens is 2. The molecule has 0 aliphatic carbocycles. The fourth-order valence-corrected chi connectivity index (χ4v) is 2.32. The number of anilines is 2. The number of nitrogen functional groups attached to an aromatic ring is 1. The van der Waals surface area contributed by atoms with Gasteiger partial charge in [0.05, 0.1) is 18.1 Å². The fraction of sp³-hybridized carbons (Fsp3) is 0.0588. The van der Waals surface area contributed by atoms with Crippen molar-refractivity contribution in [3.05, 3.63) is 60.7 Å². The van der Waals surface area contributed by atoms with Crippen molar-refractivity contribution in [1.82, 2.24) is 9.97 Å². The number of nitrogens with one attached hydrogen (secondary N) is 1. The molecule has 0 saturated carbocycles. The summed E-state index contributed by atoms with van der Waals surface area (Å²) in [6.45, 7) is 0. The van der Waals surface area contributed by atoms with Gasteiger partial charge in [0.15, 0.2) is 0 Å². The van der Waals surface area contributed by atoms with Gasteiger partial charge in [-0.3, -0.25) is 4.98 Å². The van der Waals surface area contributed by atoms with Crippen molar-refractivity contribution >= 4 is 11.5 Å². The summed E-state index contributed by atoms with van der Waals surface area (Å²) in [5, 5.41) is 3.11. The first-order valence-corrected chi connectivity index (χ1v) is 6.83. The molecule has 0 spiro atoms. The van der Waals surface area contributed by atoms with E-state index in [1.165, 1.54) is 18.5 Å². The van der Waals surface area contributed by atoms with E-state index in [1.807, 2.05) is 37.4 Å². The summed E-state index contributed by atoms with van der Waals surface area (Å²) < 4.78 is 14.4. The van der Waals surface area contributed by atoms with Gasteiger partial charge in [0.1, 0.15) is 11.6 Å². The molecule has 3 rings (SSSR count). The molecule has 0 aliphatic rings. The molecule has 0 saturated heterocycles. The molecule has 5 heteroatoms. The molecule has 0 aliphatic heterocycles. The summed E-state index contributed by atoms with van der Waals surface area (Å²) >= 11 is 0. The molecule has 0 unspecified atom stereocenters. The van der Waals surface area contributed by atoms with Crippen LogP contribution in [-0.4, -0.2) is 17.0 Å². The van der Waals surface area contributed by atoms with Gasteiger partial charge in [0.25, 0.3) is 0 Å². The van der Waals surface area contributed by atoms with Crippen LogP contribution in [0.5, 0.6) is 0 Å². The van der Waals surface area contributed by atoms with Gasteiger partial charge in [0.2, 0.25) is 0 Å². The van der Waals surface area contributed by atoms with Gasteiger partial charge in [-0.05, 0) is 23.8 Å². The summed E-state index contributed by atoms with van der Waals surface area (Å²) in [5.74, 6) is -0.0359. The van der Waals surface area contributed by atoms with Crippen molar-refractivity contribution in [3.63, 3.8) is 0 Å². The number of benzene rings is 2. The third kappa shape index (κ3) is 2.61. The van der Waals surface area contributed by atoms with E-state index in [4.69, 9.17) is 5.73 Å². The number of nitrogens with two attached hydrogens (primary N) is 1. The SMILES string of the molecule is CNc1ccccc1-c1ccc(-c2cnc(N)cn2)c(F)c1. The monoisotopic (exact) mass is 294 g/mol. The van der Waals surface area contributed by atoms with Crippen molar-refractivity contribution in [3.8, 4) is 22.4 Å². The van der Waals surface area contributed by atoms with Crippen LogP contribution in [0.15, 0.2) is 54.9 Å². The first-order chi connectivity index (χ1) is 10.7. The van der Waals surface area contributed by atoms with Crippen LogP contribution in [0.25, 0.3) is 22.4 Å². The second-order valence-corrected chi connectivity index (χ2v) is 4.82. The number of para-hydroxylation sites is 1. The van der Waals surface area contributed by atoms with E-state index in [0.717, 1.165) is 16.8 Å². The quantitative estimate of drug-likeness (QED) is 0.775. The van der Waals surface area contributed by atoms with E-state index < -0.39 is 0 Å². The average molecular weight is 294 g/mol. The number of halogens is 1. The molecule has 110 valence electrons. The molecule has 4 nitrogen and oxygen atoms in total. The molecule has 3 N–H and O–H groups in total. The van der Waals surface area contributed by atoms with E-state index in [9.17, 15) is 4.39 Å². The lowest BCUT2D eigenvalue weighted by atomic mass is 10.0. The third-order valence-electron chi connectivity index (χ3n) is 3.42. The second-order valence-electron chi connectivity index (χ2n) is 4.82. The smallest absolute Gasteiger partial charge is 0.141 e. The lowest BCUT2D eigenvalue weighted by Crippen LogP contribution is -1.95.